The fourth-order valence-corrected chi connectivity index (χ4v) is 3.31. The number of hydrogen-bond donors (Lipinski definition) is 1. The second-order valence-electron chi connectivity index (χ2n) is 6.91. The molecule has 2 heterocycles. The fraction of sp³-hybridized carbons (Fsp3) is 0.227. The first-order valence-electron chi connectivity index (χ1n) is 9.35. The lowest BCUT2D eigenvalue weighted by Gasteiger charge is -2.26. The number of rotatable bonds is 7. The van der Waals surface area contributed by atoms with Crippen molar-refractivity contribution in [3.05, 3.63) is 94.5 Å². The minimum absolute atomic E-state index is 0.0127. The Morgan fingerprint density at radius 2 is 1.84 bits per heavy atom. The zero-order valence-electron chi connectivity index (χ0n) is 16.3. The minimum atomic E-state index is -4.67. The first kappa shape index (κ1) is 22.7. The molecular formula is C22H19ClF3N3O2. The van der Waals surface area contributed by atoms with Crippen LogP contribution in [0.1, 0.15) is 28.5 Å². The Labute approximate surface area is 182 Å². The number of carbonyl (C=O) groups is 1. The monoisotopic (exact) mass is 449 g/mol. The maximum Gasteiger partial charge on any atom is 0.434 e. The lowest BCUT2D eigenvalue weighted by atomic mass is 10.1. The van der Waals surface area contributed by atoms with E-state index in [9.17, 15) is 23.1 Å². The molecule has 3 aromatic rings. The van der Waals surface area contributed by atoms with E-state index in [0.29, 0.717) is 5.56 Å². The van der Waals surface area contributed by atoms with Gasteiger partial charge in [0.1, 0.15) is 0 Å². The zero-order valence-corrected chi connectivity index (χ0v) is 17.0. The summed E-state index contributed by atoms with van der Waals surface area (Å²) in [6, 6.07) is 13.6. The molecule has 0 fully saturated rings. The van der Waals surface area contributed by atoms with Crippen molar-refractivity contribution in [2.75, 3.05) is 6.54 Å². The number of halogens is 4. The second-order valence-corrected chi connectivity index (χ2v) is 7.32. The number of alkyl halides is 3. The molecule has 9 heteroatoms. The van der Waals surface area contributed by atoms with Gasteiger partial charge in [0.2, 0.25) is 5.91 Å². The van der Waals surface area contributed by atoms with Gasteiger partial charge in [0.15, 0.2) is 5.69 Å². The van der Waals surface area contributed by atoms with Crippen LogP contribution in [0, 0.1) is 0 Å². The van der Waals surface area contributed by atoms with Gasteiger partial charge in [-0.1, -0.05) is 48.0 Å². The molecule has 1 amide bonds. The molecule has 0 spiro atoms. The highest BCUT2D eigenvalue weighted by Crippen LogP contribution is 2.33. The Bertz CT molecular complexity index is 1020. The van der Waals surface area contributed by atoms with Gasteiger partial charge in [0, 0.05) is 30.7 Å². The first-order chi connectivity index (χ1) is 14.7. The molecule has 3 rings (SSSR count). The SMILES string of the molecule is O=C(Cc1cnc(C(F)(F)F)c(Cl)c1)N(Cc1ccccc1)CC(O)c1cccnc1. The van der Waals surface area contributed by atoms with Crippen LogP contribution in [0.25, 0.3) is 0 Å². The Kier molecular flexibility index (Phi) is 7.25. The summed E-state index contributed by atoms with van der Waals surface area (Å²) in [7, 11) is 0. The van der Waals surface area contributed by atoms with Gasteiger partial charge in [-0.05, 0) is 23.3 Å². The molecule has 2 aromatic heterocycles. The summed E-state index contributed by atoms with van der Waals surface area (Å²) in [5, 5.41) is 9.99. The van der Waals surface area contributed by atoms with E-state index < -0.39 is 23.0 Å². The molecular weight excluding hydrogens is 431 g/mol. The third-order valence-electron chi connectivity index (χ3n) is 4.55. The molecule has 1 aromatic carbocycles. The molecule has 0 bridgehead atoms. The van der Waals surface area contributed by atoms with Crippen LogP contribution in [0.2, 0.25) is 5.02 Å². The average Bonchev–Trinajstić information content (AvgIpc) is 2.73. The van der Waals surface area contributed by atoms with Gasteiger partial charge < -0.3 is 10.0 Å². The third-order valence-corrected chi connectivity index (χ3v) is 4.84. The van der Waals surface area contributed by atoms with Crippen molar-refractivity contribution in [2.24, 2.45) is 0 Å². The molecule has 0 saturated heterocycles. The highest BCUT2D eigenvalue weighted by molar-refractivity contribution is 6.31. The minimum Gasteiger partial charge on any atom is -0.386 e. The van der Waals surface area contributed by atoms with Crippen LogP contribution in [-0.4, -0.2) is 32.4 Å². The number of hydrogen-bond acceptors (Lipinski definition) is 4. The molecule has 5 nitrogen and oxygen atoms in total. The standard InChI is InChI=1S/C22H19ClF3N3O2/c23-18-9-16(11-28-21(18)22(24,25)26)10-20(31)29(13-15-5-2-1-3-6-15)14-19(30)17-7-4-8-27-12-17/h1-9,11-12,19,30H,10,13-14H2. The van der Waals surface area contributed by atoms with E-state index in [0.717, 1.165) is 17.8 Å². The van der Waals surface area contributed by atoms with Crippen LogP contribution in [0.5, 0.6) is 0 Å². The number of benzene rings is 1. The number of aliphatic hydroxyl groups excluding tert-OH is 1. The van der Waals surface area contributed by atoms with E-state index >= 15 is 0 Å². The van der Waals surface area contributed by atoms with Gasteiger partial charge in [-0.2, -0.15) is 13.2 Å². The number of aliphatic hydroxyl groups is 1. The topological polar surface area (TPSA) is 66.3 Å². The van der Waals surface area contributed by atoms with E-state index in [1.807, 2.05) is 30.3 Å². The molecule has 0 aliphatic rings. The smallest absolute Gasteiger partial charge is 0.386 e. The maximum atomic E-state index is 13.0. The molecule has 0 aliphatic carbocycles. The molecule has 31 heavy (non-hydrogen) atoms. The maximum absolute atomic E-state index is 13.0. The Balaban J connectivity index is 1.79. The predicted molar refractivity (Wildman–Crippen MR) is 109 cm³/mol. The van der Waals surface area contributed by atoms with Crippen LogP contribution in [0.3, 0.4) is 0 Å². The summed E-state index contributed by atoms with van der Waals surface area (Å²) < 4.78 is 38.6. The lowest BCUT2D eigenvalue weighted by molar-refractivity contribution is -0.141. The van der Waals surface area contributed by atoms with Gasteiger partial charge >= 0.3 is 6.18 Å². The van der Waals surface area contributed by atoms with Gasteiger partial charge in [-0.3, -0.25) is 14.8 Å². The Hall–Kier alpha value is -2.97. The average molecular weight is 450 g/mol. The summed E-state index contributed by atoms with van der Waals surface area (Å²) in [5.41, 5.74) is 0.445. The largest absolute Gasteiger partial charge is 0.434 e. The lowest BCUT2D eigenvalue weighted by Crippen LogP contribution is -2.35. The second kappa shape index (κ2) is 9.89. The van der Waals surface area contributed by atoms with Crippen molar-refractivity contribution >= 4 is 17.5 Å². The van der Waals surface area contributed by atoms with E-state index in [4.69, 9.17) is 11.6 Å². The van der Waals surface area contributed by atoms with Gasteiger partial charge in [-0.25, -0.2) is 0 Å². The van der Waals surface area contributed by atoms with Crippen LogP contribution >= 0.6 is 11.6 Å². The normalized spacial score (nSPS) is 12.4. The highest BCUT2D eigenvalue weighted by atomic mass is 35.5. The van der Waals surface area contributed by atoms with Crippen LogP contribution in [0.15, 0.2) is 67.1 Å². The van der Waals surface area contributed by atoms with E-state index in [2.05, 4.69) is 9.97 Å². The van der Waals surface area contributed by atoms with Crippen molar-refractivity contribution in [3.63, 3.8) is 0 Å². The number of amides is 1. The molecule has 162 valence electrons. The Morgan fingerprint density at radius 1 is 1.10 bits per heavy atom. The Morgan fingerprint density at radius 3 is 2.45 bits per heavy atom. The van der Waals surface area contributed by atoms with Crippen molar-refractivity contribution in [2.45, 2.75) is 25.2 Å². The number of aromatic nitrogens is 2. The molecule has 0 radical (unpaired) electrons. The molecule has 0 saturated carbocycles. The van der Waals surface area contributed by atoms with Crippen LogP contribution in [0.4, 0.5) is 13.2 Å². The van der Waals surface area contributed by atoms with Gasteiger partial charge in [0.25, 0.3) is 0 Å². The quantitative estimate of drug-likeness (QED) is 0.578. The molecule has 1 N–H and O–H groups in total. The van der Waals surface area contributed by atoms with Crippen molar-refractivity contribution in [1.29, 1.82) is 0 Å². The zero-order chi connectivity index (χ0) is 22.4. The van der Waals surface area contributed by atoms with Crippen LogP contribution < -0.4 is 0 Å². The van der Waals surface area contributed by atoms with E-state index in [1.54, 1.807) is 18.3 Å². The summed E-state index contributed by atoms with van der Waals surface area (Å²) in [4.78, 5) is 21.8. The summed E-state index contributed by atoms with van der Waals surface area (Å²) in [6.45, 7) is 0.208. The molecule has 1 unspecified atom stereocenters. The number of pyridine rings is 2. The molecule has 0 aliphatic heterocycles. The van der Waals surface area contributed by atoms with Crippen molar-refractivity contribution in [3.8, 4) is 0 Å². The predicted octanol–water partition coefficient (Wildman–Crippen LogP) is 4.45. The van der Waals surface area contributed by atoms with Crippen LogP contribution in [-0.2, 0) is 23.9 Å². The van der Waals surface area contributed by atoms with Crippen molar-refractivity contribution in [1.82, 2.24) is 14.9 Å². The summed E-state index contributed by atoms with van der Waals surface area (Å²) in [6.07, 6.45) is -1.79. The third kappa shape index (κ3) is 6.26. The first-order valence-corrected chi connectivity index (χ1v) is 9.73. The summed E-state index contributed by atoms with van der Waals surface area (Å²) in [5.74, 6) is -0.385. The van der Waals surface area contributed by atoms with E-state index in [-0.39, 0.29) is 31.0 Å². The van der Waals surface area contributed by atoms with E-state index in [1.165, 1.54) is 11.1 Å². The molecule has 1 atom stereocenters. The van der Waals surface area contributed by atoms with Crippen molar-refractivity contribution < 1.29 is 23.1 Å². The highest BCUT2D eigenvalue weighted by Gasteiger charge is 2.35. The summed E-state index contributed by atoms with van der Waals surface area (Å²) >= 11 is 5.72. The van der Waals surface area contributed by atoms with Gasteiger partial charge in [0.05, 0.1) is 24.1 Å². The fourth-order valence-electron chi connectivity index (χ4n) is 3.01. The number of nitrogens with zero attached hydrogens (tertiary/aromatic N) is 3. The van der Waals surface area contributed by atoms with Gasteiger partial charge in [-0.15, -0.1) is 0 Å². The number of carbonyl (C=O) groups excluding carboxylic acids is 1.